The van der Waals surface area contributed by atoms with E-state index in [-0.39, 0.29) is 17.7 Å². The minimum Gasteiger partial charge on any atom is -0.493 e. The van der Waals surface area contributed by atoms with Gasteiger partial charge in [-0.25, -0.2) is 0 Å². The van der Waals surface area contributed by atoms with Crippen LogP contribution in [-0.2, 0) is 9.53 Å². The number of hydrogen-bond donors (Lipinski definition) is 1. The van der Waals surface area contributed by atoms with Gasteiger partial charge in [0.1, 0.15) is 5.75 Å². The Morgan fingerprint density at radius 1 is 1.03 bits per heavy atom. The lowest BCUT2D eigenvalue weighted by molar-refractivity contribution is -0.119. The second kappa shape index (κ2) is 9.62. The van der Waals surface area contributed by atoms with Crippen LogP contribution >= 0.6 is 11.8 Å². The molecule has 1 N–H and O–H groups in total. The largest absolute Gasteiger partial charge is 0.493 e. The number of rotatable bonds is 6. The molecule has 0 saturated carbocycles. The molecule has 166 valence electrons. The number of aromatic nitrogens is 3. The molecule has 0 aliphatic carbocycles. The van der Waals surface area contributed by atoms with E-state index in [0.29, 0.717) is 25.0 Å². The van der Waals surface area contributed by atoms with E-state index >= 15 is 0 Å². The summed E-state index contributed by atoms with van der Waals surface area (Å²) in [5, 5.41) is 12.7. The summed E-state index contributed by atoms with van der Waals surface area (Å²) in [6, 6.07) is 17.8. The zero-order valence-electron chi connectivity index (χ0n) is 17.6. The van der Waals surface area contributed by atoms with Crippen molar-refractivity contribution in [3.05, 3.63) is 60.2 Å². The van der Waals surface area contributed by atoms with E-state index < -0.39 is 0 Å². The first kappa shape index (κ1) is 20.8. The first-order valence-electron chi connectivity index (χ1n) is 10.8. The van der Waals surface area contributed by atoms with Crippen LogP contribution in [0, 0.1) is 0 Å². The van der Waals surface area contributed by atoms with Gasteiger partial charge in [-0.05, 0) is 18.2 Å². The van der Waals surface area contributed by atoms with E-state index in [1.54, 1.807) is 0 Å². The molecular formula is C23H25N5O3S. The summed E-state index contributed by atoms with van der Waals surface area (Å²) in [7, 11) is 0. The van der Waals surface area contributed by atoms with E-state index in [0.717, 1.165) is 42.5 Å². The smallest absolute Gasteiger partial charge is 0.232 e. The fourth-order valence-electron chi connectivity index (χ4n) is 3.98. The van der Waals surface area contributed by atoms with Crippen molar-refractivity contribution in [1.82, 2.24) is 20.1 Å². The second-order valence-electron chi connectivity index (χ2n) is 7.64. The minimum atomic E-state index is -0.0380. The molecule has 2 aromatic carbocycles. The number of para-hydroxylation sites is 2. The highest BCUT2D eigenvalue weighted by atomic mass is 32.2. The van der Waals surface area contributed by atoms with E-state index in [4.69, 9.17) is 9.47 Å². The number of hydrogen-bond acceptors (Lipinski definition) is 7. The topological polar surface area (TPSA) is 81.5 Å². The van der Waals surface area contributed by atoms with Gasteiger partial charge in [0.05, 0.1) is 37.3 Å². The maximum atomic E-state index is 12.8. The van der Waals surface area contributed by atoms with Gasteiger partial charge in [0, 0.05) is 25.1 Å². The third-order valence-electron chi connectivity index (χ3n) is 5.55. The number of nitrogens with zero attached hydrogens (tertiary/aromatic N) is 4. The Hall–Kier alpha value is -3.04. The monoisotopic (exact) mass is 451 g/mol. The van der Waals surface area contributed by atoms with Crippen molar-refractivity contribution in [3.8, 4) is 11.4 Å². The van der Waals surface area contributed by atoms with Crippen LogP contribution in [0.5, 0.6) is 5.75 Å². The number of thioether (sulfide) groups is 1. The molecule has 1 amide bonds. The van der Waals surface area contributed by atoms with Gasteiger partial charge in [-0.2, -0.15) is 0 Å². The summed E-state index contributed by atoms with van der Waals surface area (Å²) in [5.74, 6) is 1.84. The number of carbonyl (C=O) groups is 1. The highest BCUT2D eigenvalue weighted by Gasteiger charge is 2.25. The standard InChI is InChI=1S/C23H25N5O3S/c29-21(24-19-10-13-31-20-9-5-4-8-18(19)20)16-32-23-26-25-22(27-11-14-30-15-12-27)28(23)17-6-2-1-3-7-17/h1-9,19H,10-16H2,(H,24,29). The highest BCUT2D eigenvalue weighted by molar-refractivity contribution is 7.99. The van der Waals surface area contributed by atoms with Gasteiger partial charge in [-0.3, -0.25) is 9.36 Å². The SMILES string of the molecule is O=C(CSc1nnc(N2CCOCC2)n1-c1ccccc1)NC1CCOc2ccccc21. The first-order valence-corrected chi connectivity index (χ1v) is 11.8. The molecule has 0 radical (unpaired) electrons. The summed E-state index contributed by atoms with van der Waals surface area (Å²) < 4.78 is 13.2. The van der Waals surface area contributed by atoms with Gasteiger partial charge in [-0.15, -0.1) is 10.2 Å². The minimum absolute atomic E-state index is 0.0350. The second-order valence-corrected chi connectivity index (χ2v) is 8.58. The lowest BCUT2D eigenvalue weighted by atomic mass is 10.0. The fraction of sp³-hybridized carbons (Fsp3) is 0.348. The van der Waals surface area contributed by atoms with Crippen LogP contribution in [0.25, 0.3) is 5.69 Å². The normalized spacial score (nSPS) is 18.0. The predicted octanol–water partition coefficient (Wildman–Crippen LogP) is 2.84. The van der Waals surface area contributed by atoms with Gasteiger partial charge in [0.2, 0.25) is 11.9 Å². The van der Waals surface area contributed by atoms with Crippen molar-refractivity contribution < 1.29 is 14.3 Å². The molecule has 5 rings (SSSR count). The molecule has 1 atom stereocenters. The van der Waals surface area contributed by atoms with Gasteiger partial charge < -0.3 is 19.7 Å². The molecule has 32 heavy (non-hydrogen) atoms. The number of nitrogens with one attached hydrogen (secondary N) is 1. The van der Waals surface area contributed by atoms with Crippen molar-refractivity contribution in [1.29, 1.82) is 0 Å². The van der Waals surface area contributed by atoms with Gasteiger partial charge in [0.25, 0.3) is 0 Å². The molecular weight excluding hydrogens is 426 g/mol. The number of benzene rings is 2. The number of amides is 1. The first-order chi connectivity index (χ1) is 15.8. The Labute approximate surface area is 190 Å². The number of anilines is 1. The number of carbonyl (C=O) groups excluding carboxylic acids is 1. The van der Waals surface area contributed by atoms with Crippen molar-refractivity contribution in [3.63, 3.8) is 0 Å². The molecule has 0 bridgehead atoms. The fourth-order valence-corrected chi connectivity index (χ4v) is 4.74. The summed E-state index contributed by atoms with van der Waals surface area (Å²) in [6.07, 6.45) is 0.759. The zero-order valence-corrected chi connectivity index (χ0v) is 18.5. The predicted molar refractivity (Wildman–Crippen MR) is 123 cm³/mol. The van der Waals surface area contributed by atoms with E-state index in [1.165, 1.54) is 11.8 Å². The summed E-state index contributed by atoms with van der Waals surface area (Å²) >= 11 is 1.39. The Kier molecular flexibility index (Phi) is 6.27. The van der Waals surface area contributed by atoms with Crippen molar-refractivity contribution in [2.45, 2.75) is 17.6 Å². The Bertz CT molecular complexity index is 1070. The molecule has 2 aliphatic heterocycles. The molecule has 3 heterocycles. The molecule has 2 aliphatic rings. The zero-order chi connectivity index (χ0) is 21.8. The summed E-state index contributed by atoms with van der Waals surface area (Å²) in [5.41, 5.74) is 2.00. The average molecular weight is 452 g/mol. The quantitative estimate of drug-likeness (QED) is 0.577. The number of fused-ring (bicyclic) bond motifs is 1. The molecule has 0 spiro atoms. The molecule has 1 fully saturated rings. The molecule has 1 unspecified atom stereocenters. The molecule has 9 heteroatoms. The van der Waals surface area contributed by atoms with E-state index in [1.807, 2.05) is 59.2 Å². The molecule has 1 saturated heterocycles. The van der Waals surface area contributed by atoms with Crippen molar-refractivity contribution >= 4 is 23.6 Å². The van der Waals surface area contributed by atoms with Crippen LogP contribution in [0.4, 0.5) is 5.95 Å². The molecule has 3 aromatic rings. The van der Waals surface area contributed by atoms with Crippen LogP contribution in [0.1, 0.15) is 18.0 Å². The van der Waals surface area contributed by atoms with E-state index in [9.17, 15) is 4.79 Å². The van der Waals surface area contributed by atoms with Crippen LogP contribution < -0.4 is 15.0 Å². The van der Waals surface area contributed by atoms with E-state index in [2.05, 4.69) is 20.4 Å². The van der Waals surface area contributed by atoms with Crippen molar-refractivity contribution in [2.24, 2.45) is 0 Å². The Morgan fingerprint density at radius 2 is 1.81 bits per heavy atom. The maximum absolute atomic E-state index is 12.8. The summed E-state index contributed by atoms with van der Waals surface area (Å²) in [6.45, 7) is 3.46. The molecule has 1 aromatic heterocycles. The van der Waals surface area contributed by atoms with Crippen LogP contribution in [0.15, 0.2) is 59.8 Å². The van der Waals surface area contributed by atoms with Gasteiger partial charge in [0.15, 0.2) is 5.16 Å². The number of ether oxygens (including phenoxy) is 2. The third-order valence-corrected chi connectivity index (χ3v) is 6.48. The average Bonchev–Trinajstić information content (AvgIpc) is 3.28. The molecule has 8 nitrogen and oxygen atoms in total. The Morgan fingerprint density at radius 3 is 2.66 bits per heavy atom. The van der Waals surface area contributed by atoms with Crippen molar-refractivity contribution in [2.75, 3.05) is 43.6 Å². The number of morpholine rings is 1. The van der Waals surface area contributed by atoms with Gasteiger partial charge >= 0.3 is 0 Å². The van der Waals surface area contributed by atoms with Crippen LogP contribution in [0.2, 0.25) is 0 Å². The van der Waals surface area contributed by atoms with Gasteiger partial charge in [-0.1, -0.05) is 48.2 Å². The maximum Gasteiger partial charge on any atom is 0.232 e. The van der Waals surface area contributed by atoms with Crippen LogP contribution in [-0.4, -0.2) is 59.3 Å². The lowest BCUT2D eigenvalue weighted by Gasteiger charge is -2.28. The Balaban J connectivity index is 1.31. The highest BCUT2D eigenvalue weighted by Crippen LogP contribution is 2.32. The summed E-state index contributed by atoms with van der Waals surface area (Å²) in [4.78, 5) is 15.0. The lowest BCUT2D eigenvalue weighted by Crippen LogP contribution is -2.37. The third kappa shape index (κ3) is 4.44. The van der Waals surface area contributed by atoms with Crippen LogP contribution in [0.3, 0.4) is 0 Å².